The second-order valence-electron chi connectivity index (χ2n) is 6.79. The predicted octanol–water partition coefficient (Wildman–Crippen LogP) is 3.67. The van der Waals surface area contributed by atoms with Gasteiger partial charge in [-0.3, -0.25) is 9.89 Å². The standard InChI is InChI=1S/C19H19N3OS/c1-19(8-13-4-2-3-5-14(13)9-19)12-20-18(23)16-10-21-22-17(16)15-6-7-24-11-15/h2-7,10-11H,8-9,12H2,1H3,(H,20,23)(H,21,22). The minimum Gasteiger partial charge on any atom is -0.351 e. The summed E-state index contributed by atoms with van der Waals surface area (Å²) in [4.78, 5) is 12.6. The molecule has 0 radical (unpaired) electrons. The molecule has 5 heteroatoms. The van der Waals surface area contributed by atoms with Gasteiger partial charge in [-0.25, -0.2) is 0 Å². The summed E-state index contributed by atoms with van der Waals surface area (Å²) < 4.78 is 0. The Balaban J connectivity index is 1.46. The Morgan fingerprint density at radius 1 is 1.29 bits per heavy atom. The first-order valence-electron chi connectivity index (χ1n) is 8.06. The molecular formula is C19H19N3OS. The Bertz CT molecular complexity index is 841. The molecule has 122 valence electrons. The average Bonchev–Trinajstić information content (AvgIpc) is 3.29. The number of nitrogens with one attached hydrogen (secondary N) is 2. The molecule has 0 spiro atoms. The minimum atomic E-state index is -0.0675. The molecule has 1 aliphatic carbocycles. The Hall–Kier alpha value is -2.40. The number of thiophene rings is 1. The normalized spacial score (nSPS) is 15.2. The largest absolute Gasteiger partial charge is 0.351 e. The van der Waals surface area contributed by atoms with E-state index in [0.717, 1.165) is 24.1 Å². The molecule has 4 nitrogen and oxygen atoms in total. The summed E-state index contributed by atoms with van der Waals surface area (Å²) in [6.07, 6.45) is 3.62. The monoisotopic (exact) mass is 337 g/mol. The molecular weight excluding hydrogens is 318 g/mol. The van der Waals surface area contributed by atoms with Crippen LogP contribution in [0.4, 0.5) is 0 Å². The van der Waals surface area contributed by atoms with Crippen molar-refractivity contribution in [3.05, 3.63) is 64.0 Å². The first-order valence-corrected chi connectivity index (χ1v) is 9.00. The summed E-state index contributed by atoms with van der Waals surface area (Å²) in [6, 6.07) is 10.5. The Morgan fingerprint density at radius 3 is 2.71 bits per heavy atom. The van der Waals surface area contributed by atoms with E-state index in [1.54, 1.807) is 17.5 Å². The van der Waals surface area contributed by atoms with Crippen LogP contribution >= 0.6 is 11.3 Å². The third-order valence-electron chi connectivity index (χ3n) is 4.72. The van der Waals surface area contributed by atoms with E-state index >= 15 is 0 Å². The lowest BCUT2D eigenvalue weighted by Crippen LogP contribution is -2.36. The average molecular weight is 337 g/mol. The maximum atomic E-state index is 12.6. The molecule has 0 aliphatic heterocycles. The van der Waals surface area contributed by atoms with Gasteiger partial charge in [0.15, 0.2) is 0 Å². The maximum absolute atomic E-state index is 12.6. The first kappa shape index (κ1) is 15.1. The van der Waals surface area contributed by atoms with Gasteiger partial charge in [0.1, 0.15) is 0 Å². The Labute approximate surface area is 144 Å². The van der Waals surface area contributed by atoms with E-state index in [1.165, 1.54) is 11.1 Å². The van der Waals surface area contributed by atoms with E-state index < -0.39 is 0 Å². The third kappa shape index (κ3) is 2.76. The Kier molecular flexibility index (Phi) is 3.73. The molecule has 0 atom stereocenters. The van der Waals surface area contributed by atoms with Crippen molar-refractivity contribution in [3.63, 3.8) is 0 Å². The first-order chi connectivity index (χ1) is 11.6. The molecule has 0 saturated heterocycles. The highest BCUT2D eigenvalue weighted by atomic mass is 32.1. The number of H-pyrrole nitrogens is 1. The number of carbonyl (C=O) groups excluding carboxylic acids is 1. The molecule has 2 aromatic heterocycles. The van der Waals surface area contributed by atoms with E-state index in [-0.39, 0.29) is 11.3 Å². The number of nitrogens with zero attached hydrogens (tertiary/aromatic N) is 1. The van der Waals surface area contributed by atoms with Gasteiger partial charge in [0.05, 0.1) is 17.5 Å². The summed E-state index contributed by atoms with van der Waals surface area (Å²) in [6.45, 7) is 2.90. The summed E-state index contributed by atoms with van der Waals surface area (Å²) in [5.74, 6) is -0.0675. The number of rotatable bonds is 4. The second-order valence-corrected chi connectivity index (χ2v) is 7.57. The van der Waals surface area contributed by atoms with Crippen LogP contribution in [0, 0.1) is 5.41 Å². The predicted molar refractivity (Wildman–Crippen MR) is 96.2 cm³/mol. The molecule has 0 saturated carbocycles. The van der Waals surface area contributed by atoms with Crippen LogP contribution < -0.4 is 5.32 Å². The number of aromatic amines is 1. The van der Waals surface area contributed by atoms with Gasteiger partial charge >= 0.3 is 0 Å². The lowest BCUT2D eigenvalue weighted by molar-refractivity contribution is 0.0935. The van der Waals surface area contributed by atoms with Gasteiger partial charge in [-0.1, -0.05) is 31.2 Å². The van der Waals surface area contributed by atoms with Crippen LogP contribution in [0.15, 0.2) is 47.3 Å². The van der Waals surface area contributed by atoms with Gasteiger partial charge in [-0.15, -0.1) is 0 Å². The fourth-order valence-corrected chi connectivity index (χ4v) is 4.13. The fraction of sp³-hybridized carbons (Fsp3) is 0.263. The van der Waals surface area contributed by atoms with Gasteiger partial charge in [0.25, 0.3) is 5.91 Å². The van der Waals surface area contributed by atoms with Crippen LogP contribution in [0.2, 0.25) is 0 Å². The number of amides is 1. The number of hydrogen-bond acceptors (Lipinski definition) is 3. The van der Waals surface area contributed by atoms with E-state index in [2.05, 4.69) is 46.7 Å². The number of aromatic nitrogens is 2. The fourth-order valence-electron chi connectivity index (χ4n) is 3.48. The van der Waals surface area contributed by atoms with Crippen LogP contribution in [-0.2, 0) is 12.8 Å². The lowest BCUT2D eigenvalue weighted by atomic mass is 9.87. The van der Waals surface area contributed by atoms with Gasteiger partial charge in [0, 0.05) is 17.5 Å². The Morgan fingerprint density at radius 2 is 2.04 bits per heavy atom. The van der Waals surface area contributed by atoms with Crippen molar-refractivity contribution in [2.45, 2.75) is 19.8 Å². The zero-order chi connectivity index (χ0) is 16.6. The van der Waals surface area contributed by atoms with Crippen LogP contribution in [0.25, 0.3) is 11.3 Å². The highest BCUT2D eigenvalue weighted by Crippen LogP contribution is 2.36. The van der Waals surface area contributed by atoms with E-state index in [0.29, 0.717) is 12.1 Å². The van der Waals surface area contributed by atoms with Gasteiger partial charge < -0.3 is 5.32 Å². The zero-order valence-corrected chi connectivity index (χ0v) is 14.3. The van der Waals surface area contributed by atoms with Crippen molar-refractivity contribution in [1.29, 1.82) is 0 Å². The van der Waals surface area contributed by atoms with Crippen LogP contribution in [0.5, 0.6) is 0 Å². The lowest BCUT2D eigenvalue weighted by Gasteiger charge is -2.23. The van der Waals surface area contributed by atoms with Crippen molar-refractivity contribution in [2.24, 2.45) is 5.41 Å². The topological polar surface area (TPSA) is 57.8 Å². The van der Waals surface area contributed by atoms with Gasteiger partial charge in [-0.2, -0.15) is 16.4 Å². The van der Waals surface area contributed by atoms with E-state index in [1.807, 2.05) is 16.8 Å². The SMILES string of the molecule is CC1(CNC(=O)c2cn[nH]c2-c2ccsc2)Cc2ccccc2C1. The highest BCUT2D eigenvalue weighted by molar-refractivity contribution is 7.08. The van der Waals surface area contributed by atoms with Crippen molar-refractivity contribution in [1.82, 2.24) is 15.5 Å². The second kappa shape index (κ2) is 5.91. The third-order valence-corrected chi connectivity index (χ3v) is 5.41. The number of hydrogen-bond donors (Lipinski definition) is 2. The van der Waals surface area contributed by atoms with Gasteiger partial charge in [0.2, 0.25) is 0 Å². The molecule has 4 rings (SSSR count). The molecule has 1 aliphatic rings. The maximum Gasteiger partial charge on any atom is 0.255 e. The highest BCUT2D eigenvalue weighted by Gasteiger charge is 2.33. The molecule has 0 bridgehead atoms. The quantitative estimate of drug-likeness (QED) is 0.763. The number of benzene rings is 1. The van der Waals surface area contributed by atoms with Crippen LogP contribution in [0.1, 0.15) is 28.4 Å². The summed E-state index contributed by atoms with van der Waals surface area (Å²) >= 11 is 1.60. The van der Waals surface area contributed by atoms with Crippen LogP contribution in [-0.4, -0.2) is 22.6 Å². The zero-order valence-electron chi connectivity index (χ0n) is 13.5. The van der Waals surface area contributed by atoms with Crippen molar-refractivity contribution in [2.75, 3.05) is 6.54 Å². The molecule has 3 aromatic rings. The van der Waals surface area contributed by atoms with Crippen molar-refractivity contribution >= 4 is 17.2 Å². The smallest absolute Gasteiger partial charge is 0.255 e. The molecule has 1 amide bonds. The molecule has 24 heavy (non-hydrogen) atoms. The molecule has 1 aromatic carbocycles. The van der Waals surface area contributed by atoms with E-state index in [9.17, 15) is 4.79 Å². The van der Waals surface area contributed by atoms with E-state index in [4.69, 9.17) is 0 Å². The summed E-state index contributed by atoms with van der Waals surface area (Å²) in [7, 11) is 0. The summed E-state index contributed by atoms with van der Waals surface area (Å²) in [5, 5.41) is 14.1. The van der Waals surface area contributed by atoms with Crippen molar-refractivity contribution in [3.8, 4) is 11.3 Å². The molecule has 2 N–H and O–H groups in total. The number of fused-ring (bicyclic) bond motifs is 1. The number of carbonyl (C=O) groups is 1. The van der Waals surface area contributed by atoms with Crippen molar-refractivity contribution < 1.29 is 4.79 Å². The molecule has 0 unspecified atom stereocenters. The molecule has 2 heterocycles. The molecule has 0 fully saturated rings. The summed E-state index contributed by atoms with van der Waals surface area (Å²) in [5.41, 5.74) is 5.27. The van der Waals surface area contributed by atoms with Gasteiger partial charge in [-0.05, 0) is 40.8 Å². The minimum absolute atomic E-state index is 0.0675. The van der Waals surface area contributed by atoms with Crippen LogP contribution in [0.3, 0.4) is 0 Å².